The van der Waals surface area contributed by atoms with Crippen LogP contribution >= 0.6 is 0 Å². The van der Waals surface area contributed by atoms with Crippen molar-refractivity contribution in [3.63, 3.8) is 0 Å². The molecule has 20 heavy (non-hydrogen) atoms. The fraction of sp³-hybridized carbons (Fsp3) is 0.571. The molecule has 0 amide bonds. The molecule has 0 fully saturated rings. The first kappa shape index (κ1) is 16.1. The van der Waals surface area contributed by atoms with Crippen molar-refractivity contribution in [3.05, 3.63) is 22.2 Å². The zero-order chi connectivity index (χ0) is 15.3. The van der Waals surface area contributed by atoms with Crippen molar-refractivity contribution in [2.24, 2.45) is 5.92 Å². The van der Waals surface area contributed by atoms with Crippen molar-refractivity contribution < 1.29 is 14.4 Å². The normalized spacial score (nSPS) is 13.4. The number of hydrogen-bond acceptors (Lipinski definition) is 5. The number of rotatable bonds is 7. The number of benzene rings is 1. The van der Waals surface area contributed by atoms with Gasteiger partial charge in [0.15, 0.2) is 11.5 Å². The highest BCUT2D eigenvalue weighted by atomic mass is 16.6. The van der Waals surface area contributed by atoms with Crippen molar-refractivity contribution in [1.82, 2.24) is 0 Å². The Bertz CT molecular complexity index is 476. The predicted molar refractivity (Wildman–Crippen MR) is 78.7 cm³/mol. The van der Waals surface area contributed by atoms with Gasteiger partial charge < -0.3 is 14.8 Å². The van der Waals surface area contributed by atoms with Crippen LogP contribution in [0.1, 0.15) is 27.2 Å². The Balaban J connectivity index is 3.19. The summed E-state index contributed by atoms with van der Waals surface area (Å²) >= 11 is 0. The van der Waals surface area contributed by atoms with Crippen LogP contribution in [0.3, 0.4) is 0 Å². The lowest BCUT2D eigenvalue weighted by molar-refractivity contribution is -0.384. The van der Waals surface area contributed by atoms with E-state index in [1.54, 1.807) is 6.07 Å². The van der Waals surface area contributed by atoms with E-state index in [1.807, 2.05) is 6.92 Å². The molecule has 1 N–H and O–H groups in total. The molecule has 2 atom stereocenters. The third-order valence-corrected chi connectivity index (χ3v) is 3.58. The quantitative estimate of drug-likeness (QED) is 0.612. The zero-order valence-electron chi connectivity index (χ0n) is 12.6. The Labute approximate surface area is 119 Å². The first-order chi connectivity index (χ1) is 9.44. The van der Waals surface area contributed by atoms with Crippen LogP contribution in [0.2, 0.25) is 0 Å². The first-order valence-electron chi connectivity index (χ1n) is 6.61. The molecule has 0 spiro atoms. The highest BCUT2D eigenvalue weighted by Gasteiger charge is 2.21. The van der Waals surface area contributed by atoms with Crippen molar-refractivity contribution in [2.45, 2.75) is 33.2 Å². The summed E-state index contributed by atoms with van der Waals surface area (Å²) in [6.45, 7) is 6.20. The summed E-state index contributed by atoms with van der Waals surface area (Å²) in [4.78, 5) is 10.8. The molecular formula is C14H22N2O4. The first-order valence-corrected chi connectivity index (χ1v) is 6.61. The minimum Gasteiger partial charge on any atom is -0.493 e. The molecule has 0 radical (unpaired) electrons. The maximum atomic E-state index is 11.2. The largest absolute Gasteiger partial charge is 0.493 e. The maximum Gasteiger partial charge on any atom is 0.296 e. The summed E-state index contributed by atoms with van der Waals surface area (Å²) in [6, 6.07) is 3.11. The second kappa shape index (κ2) is 6.98. The molecule has 0 saturated carbocycles. The molecule has 0 aliphatic heterocycles. The number of hydrogen-bond donors (Lipinski definition) is 1. The van der Waals surface area contributed by atoms with Crippen molar-refractivity contribution >= 4 is 11.4 Å². The summed E-state index contributed by atoms with van der Waals surface area (Å²) < 4.78 is 10.3. The zero-order valence-corrected chi connectivity index (χ0v) is 12.6. The molecule has 1 rings (SSSR count). The van der Waals surface area contributed by atoms with Gasteiger partial charge in [0.25, 0.3) is 5.69 Å². The van der Waals surface area contributed by atoms with Gasteiger partial charge in [0.2, 0.25) is 0 Å². The van der Waals surface area contributed by atoms with Gasteiger partial charge in [0, 0.05) is 12.1 Å². The van der Waals surface area contributed by atoms with Crippen molar-refractivity contribution in [1.29, 1.82) is 0 Å². The Kier molecular flexibility index (Phi) is 5.61. The molecule has 1 aromatic rings. The summed E-state index contributed by atoms with van der Waals surface area (Å²) in [5.74, 6) is 1.22. The topological polar surface area (TPSA) is 73.6 Å². The van der Waals surface area contributed by atoms with Gasteiger partial charge in [-0.3, -0.25) is 10.1 Å². The van der Waals surface area contributed by atoms with E-state index in [4.69, 9.17) is 9.47 Å². The smallest absolute Gasteiger partial charge is 0.296 e. The summed E-state index contributed by atoms with van der Waals surface area (Å²) in [5, 5.41) is 14.4. The number of nitro groups is 1. The average Bonchev–Trinajstić information content (AvgIpc) is 2.45. The van der Waals surface area contributed by atoms with E-state index < -0.39 is 4.92 Å². The van der Waals surface area contributed by atoms with Gasteiger partial charge >= 0.3 is 0 Å². The number of nitro benzene ring substituents is 1. The highest BCUT2D eigenvalue weighted by molar-refractivity contribution is 5.68. The van der Waals surface area contributed by atoms with Gasteiger partial charge in [-0.05, 0) is 12.8 Å². The van der Waals surface area contributed by atoms with Gasteiger partial charge in [-0.25, -0.2) is 0 Å². The Morgan fingerprint density at radius 2 is 1.80 bits per heavy atom. The molecule has 0 saturated heterocycles. The Morgan fingerprint density at radius 3 is 2.25 bits per heavy atom. The summed E-state index contributed by atoms with van der Waals surface area (Å²) in [5.41, 5.74) is 0.429. The highest BCUT2D eigenvalue weighted by Crippen LogP contribution is 2.38. The molecule has 0 heterocycles. The van der Waals surface area contributed by atoms with Crippen LogP contribution in [-0.2, 0) is 0 Å². The molecule has 1 aromatic carbocycles. The monoisotopic (exact) mass is 282 g/mol. The van der Waals surface area contributed by atoms with Gasteiger partial charge in [0.05, 0.1) is 25.2 Å². The third-order valence-electron chi connectivity index (χ3n) is 3.58. The number of nitrogens with zero attached hydrogens (tertiary/aromatic N) is 1. The van der Waals surface area contributed by atoms with E-state index in [1.165, 1.54) is 20.3 Å². The number of methoxy groups -OCH3 is 2. The van der Waals surface area contributed by atoms with Crippen molar-refractivity contribution in [3.8, 4) is 11.5 Å². The van der Waals surface area contributed by atoms with E-state index in [-0.39, 0.29) is 11.7 Å². The SMILES string of the molecule is CCC(C)C(C)Nc1cc(OC)c(OC)cc1[N+](=O)[O-]. The maximum absolute atomic E-state index is 11.2. The fourth-order valence-corrected chi connectivity index (χ4v) is 1.88. The van der Waals surface area contributed by atoms with Crippen LogP contribution in [0.4, 0.5) is 11.4 Å². The summed E-state index contributed by atoms with van der Waals surface area (Å²) in [7, 11) is 2.96. The third kappa shape index (κ3) is 3.53. The van der Waals surface area contributed by atoms with Gasteiger partial charge in [0.1, 0.15) is 5.69 Å². The van der Waals surface area contributed by atoms with Crippen LogP contribution < -0.4 is 14.8 Å². The van der Waals surface area contributed by atoms with E-state index in [0.717, 1.165) is 6.42 Å². The van der Waals surface area contributed by atoms with Gasteiger partial charge in [-0.15, -0.1) is 0 Å². The fourth-order valence-electron chi connectivity index (χ4n) is 1.88. The Hall–Kier alpha value is -1.98. The number of ether oxygens (including phenoxy) is 2. The van der Waals surface area contributed by atoms with Crippen LogP contribution in [0, 0.1) is 16.0 Å². The van der Waals surface area contributed by atoms with E-state index in [0.29, 0.717) is 23.1 Å². The lowest BCUT2D eigenvalue weighted by atomic mass is 10.0. The standard InChI is InChI=1S/C14H22N2O4/c1-6-9(2)10(3)15-11-7-13(19-4)14(20-5)8-12(11)16(17)18/h7-10,15H,6H2,1-5H3. The molecule has 0 bridgehead atoms. The molecule has 2 unspecified atom stereocenters. The molecule has 0 aromatic heterocycles. The van der Waals surface area contributed by atoms with Crippen LogP contribution in [0.25, 0.3) is 0 Å². The van der Waals surface area contributed by atoms with E-state index in [9.17, 15) is 10.1 Å². The summed E-state index contributed by atoms with van der Waals surface area (Å²) in [6.07, 6.45) is 0.995. The van der Waals surface area contributed by atoms with Crippen molar-refractivity contribution in [2.75, 3.05) is 19.5 Å². The molecule has 0 aliphatic rings. The van der Waals surface area contributed by atoms with Crippen LogP contribution in [0.15, 0.2) is 12.1 Å². The van der Waals surface area contributed by atoms with E-state index in [2.05, 4.69) is 19.2 Å². The molecule has 112 valence electrons. The van der Waals surface area contributed by atoms with Gasteiger partial charge in [-0.2, -0.15) is 0 Å². The average molecular weight is 282 g/mol. The van der Waals surface area contributed by atoms with Crippen LogP contribution in [-0.4, -0.2) is 25.2 Å². The second-order valence-electron chi connectivity index (χ2n) is 4.80. The van der Waals surface area contributed by atoms with E-state index >= 15 is 0 Å². The number of nitrogens with one attached hydrogen (secondary N) is 1. The second-order valence-corrected chi connectivity index (χ2v) is 4.80. The van der Waals surface area contributed by atoms with Gasteiger partial charge in [-0.1, -0.05) is 20.3 Å². The predicted octanol–water partition coefficient (Wildman–Crippen LogP) is 3.46. The lowest BCUT2D eigenvalue weighted by Gasteiger charge is -2.21. The minimum atomic E-state index is -0.423. The lowest BCUT2D eigenvalue weighted by Crippen LogP contribution is -2.23. The molecular weight excluding hydrogens is 260 g/mol. The minimum absolute atomic E-state index is 0.0159. The molecule has 0 aliphatic carbocycles. The molecule has 6 nitrogen and oxygen atoms in total. The van der Waals surface area contributed by atoms with Crippen LogP contribution in [0.5, 0.6) is 11.5 Å². The Morgan fingerprint density at radius 1 is 1.25 bits per heavy atom. The number of anilines is 1. The molecule has 6 heteroatoms.